The van der Waals surface area contributed by atoms with Gasteiger partial charge in [0, 0.05) is 0 Å². The normalized spacial score (nSPS) is 10.7. The minimum Gasteiger partial charge on any atom is -0.436 e. The van der Waals surface area contributed by atoms with Crippen LogP contribution in [0.1, 0.15) is 17.0 Å². The molecule has 0 bridgehead atoms. The van der Waals surface area contributed by atoms with Crippen LogP contribution in [0.2, 0.25) is 0 Å². The minimum atomic E-state index is 0.617. The van der Waals surface area contributed by atoms with Gasteiger partial charge in [-0.1, -0.05) is 0 Å². The minimum absolute atomic E-state index is 0.617. The average Bonchev–Trinajstić information content (AvgIpc) is 2.52. The number of rotatable bonds is 2. The highest BCUT2D eigenvalue weighted by molar-refractivity contribution is 7.99. The van der Waals surface area contributed by atoms with E-state index in [-0.39, 0.29) is 0 Å². The number of nitrogens with zero attached hydrogens (tertiary/aromatic N) is 2. The highest BCUT2D eigenvalue weighted by Gasteiger charge is 2.08. The van der Waals surface area contributed by atoms with Gasteiger partial charge in [-0.25, -0.2) is 9.97 Å². The van der Waals surface area contributed by atoms with Crippen LogP contribution in [0.25, 0.3) is 0 Å². The predicted molar refractivity (Wildman–Crippen MR) is 63.5 cm³/mol. The third kappa shape index (κ3) is 2.19. The first kappa shape index (κ1) is 11.0. The highest BCUT2D eigenvalue weighted by atomic mass is 32.2. The van der Waals surface area contributed by atoms with E-state index in [0.717, 1.165) is 22.0 Å². The summed E-state index contributed by atoms with van der Waals surface area (Å²) in [6.07, 6.45) is 1.65. The lowest BCUT2D eigenvalue weighted by Crippen LogP contribution is -1.91. The number of hydrogen-bond donors (Lipinski definition) is 1. The van der Waals surface area contributed by atoms with Crippen molar-refractivity contribution in [3.8, 4) is 0 Å². The second-order valence-electron chi connectivity index (χ2n) is 3.60. The summed E-state index contributed by atoms with van der Waals surface area (Å²) in [6.45, 7) is 5.77. The van der Waals surface area contributed by atoms with E-state index in [0.29, 0.717) is 10.9 Å². The van der Waals surface area contributed by atoms with E-state index in [1.165, 1.54) is 11.8 Å². The molecule has 0 amide bonds. The van der Waals surface area contributed by atoms with E-state index in [1.807, 2.05) is 26.8 Å². The molecule has 0 aliphatic carbocycles. The number of anilines is 1. The molecule has 0 aromatic carbocycles. The van der Waals surface area contributed by atoms with Crippen LogP contribution in [-0.2, 0) is 0 Å². The van der Waals surface area contributed by atoms with Crippen LogP contribution >= 0.6 is 11.8 Å². The van der Waals surface area contributed by atoms with Gasteiger partial charge in [-0.05, 0) is 44.2 Å². The van der Waals surface area contributed by atoms with Crippen LogP contribution < -0.4 is 5.73 Å². The van der Waals surface area contributed by atoms with E-state index in [2.05, 4.69) is 9.97 Å². The molecule has 0 unspecified atom stereocenters. The zero-order valence-corrected chi connectivity index (χ0v) is 10.3. The van der Waals surface area contributed by atoms with Crippen molar-refractivity contribution in [3.63, 3.8) is 0 Å². The van der Waals surface area contributed by atoms with Crippen LogP contribution in [-0.4, -0.2) is 9.97 Å². The number of aryl methyl sites for hydroxylation is 3. The molecule has 0 fully saturated rings. The predicted octanol–water partition coefficient (Wildman–Crippen LogP) is 2.73. The molecule has 0 saturated carbocycles. The first-order chi connectivity index (χ1) is 7.56. The molecule has 0 atom stereocenters. The van der Waals surface area contributed by atoms with Gasteiger partial charge < -0.3 is 10.2 Å². The molecule has 16 heavy (non-hydrogen) atoms. The maximum atomic E-state index is 5.70. The fraction of sp³-hybridized carbons (Fsp3) is 0.273. The molecular formula is C11H13N3OS. The van der Waals surface area contributed by atoms with Crippen LogP contribution in [0.15, 0.2) is 26.9 Å². The van der Waals surface area contributed by atoms with Gasteiger partial charge in [0.15, 0.2) is 0 Å². The van der Waals surface area contributed by atoms with Crippen molar-refractivity contribution < 1.29 is 4.42 Å². The molecular weight excluding hydrogens is 222 g/mol. The third-order valence-corrected chi connectivity index (χ3v) is 3.11. The van der Waals surface area contributed by atoms with Crippen LogP contribution in [0.4, 0.5) is 5.69 Å². The molecule has 2 aromatic rings. The summed E-state index contributed by atoms with van der Waals surface area (Å²) in [5.74, 6) is 0.842. The van der Waals surface area contributed by atoms with Crippen LogP contribution in [0.5, 0.6) is 0 Å². The van der Waals surface area contributed by atoms with Crippen molar-refractivity contribution in [2.75, 3.05) is 5.73 Å². The fourth-order valence-electron chi connectivity index (χ4n) is 1.17. The second-order valence-corrected chi connectivity index (χ2v) is 4.57. The maximum Gasteiger partial charge on any atom is 0.262 e. The zero-order valence-electron chi connectivity index (χ0n) is 9.44. The molecule has 0 aliphatic rings. The molecule has 2 N–H and O–H groups in total. The molecule has 84 valence electrons. The summed E-state index contributed by atoms with van der Waals surface area (Å²) in [5, 5.41) is 1.46. The summed E-state index contributed by atoms with van der Waals surface area (Å²) in [5.41, 5.74) is 8.32. The molecule has 5 heteroatoms. The smallest absolute Gasteiger partial charge is 0.262 e. The van der Waals surface area contributed by atoms with E-state index in [1.54, 1.807) is 6.20 Å². The summed E-state index contributed by atoms with van der Waals surface area (Å²) >= 11 is 1.40. The molecule has 4 nitrogen and oxygen atoms in total. The van der Waals surface area contributed by atoms with Crippen molar-refractivity contribution in [1.82, 2.24) is 9.97 Å². The van der Waals surface area contributed by atoms with Gasteiger partial charge in [0.2, 0.25) is 0 Å². The van der Waals surface area contributed by atoms with Gasteiger partial charge in [-0.15, -0.1) is 0 Å². The van der Waals surface area contributed by atoms with E-state index < -0.39 is 0 Å². The standard InChI is InChI=1S/C11H13N3OS/c1-6-4-10(13-5-9(6)12)16-11-14-7(2)8(3)15-11/h4-5H,12H2,1-3H3. The van der Waals surface area contributed by atoms with E-state index in [4.69, 9.17) is 10.2 Å². The molecule has 0 saturated heterocycles. The molecule has 2 aromatic heterocycles. The Morgan fingerprint density at radius 3 is 2.62 bits per heavy atom. The van der Waals surface area contributed by atoms with Crippen molar-refractivity contribution in [3.05, 3.63) is 29.3 Å². The lowest BCUT2D eigenvalue weighted by Gasteiger charge is -2.00. The Morgan fingerprint density at radius 1 is 1.31 bits per heavy atom. The molecule has 0 spiro atoms. The van der Waals surface area contributed by atoms with Gasteiger partial charge in [-0.3, -0.25) is 0 Å². The van der Waals surface area contributed by atoms with Gasteiger partial charge in [0.05, 0.1) is 17.6 Å². The quantitative estimate of drug-likeness (QED) is 0.867. The molecule has 0 radical (unpaired) electrons. The molecule has 2 rings (SSSR count). The first-order valence-corrected chi connectivity index (χ1v) is 5.72. The van der Waals surface area contributed by atoms with E-state index >= 15 is 0 Å². The molecule has 2 heterocycles. The Labute approximate surface area is 98.3 Å². The van der Waals surface area contributed by atoms with Crippen molar-refractivity contribution in [1.29, 1.82) is 0 Å². The lowest BCUT2D eigenvalue weighted by atomic mass is 10.3. The number of oxazole rings is 1. The Morgan fingerprint density at radius 2 is 2.06 bits per heavy atom. The van der Waals surface area contributed by atoms with Gasteiger partial charge in [0.1, 0.15) is 10.8 Å². The van der Waals surface area contributed by atoms with Crippen LogP contribution in [0, 0.1) is 20.8 Å². The maximum absolute atomic E-state index is 5.70. The Bertz CT molecular complexity index is 502. The van der Waals surface area contributed by atoms with Crippen molar-refractivity contribution in [2.24, 2.45) is 0 Å². The van der Waals surface area contributed by atoms with Crippen LogP contribution in [0.3, 0.4) is 0 Å². The fourth-order valence-corrected chi connectivity index (χ4v) is 2.04. The summed E-state index contributed by atoms with van der Waals surface area (Å²) in [6, 6.07) is 1.93. The van der Waals surface area contributed by atoms with Crippen molar-refractivity contribution >= 4 is 17.4 Å². The van der Waals surface area contributed by atoms with Gasteiger partial charge in [0.25, 0.3) is 5.22 Å². The van der Waals surface area contributed by atoms with Gasteiger partial charge >= 0.3 is 0 Å². The zero-order chi connectivity index (χ0) is 11.7. The molecule has 0 aliphatic heterocycles. The van der Waals surface area contributed by atoms with Gasteiger partial charge in [-0.2, -0.15) is 0 Å². The SMILES string of the molecule is Cc1cc(Sc2nc(C)c(C)o2)ncc1N. The number of nitrogen functional groups attached to an aromatic ring is 1. The Kier molecular flexibility index (Phi) is 2.87. The Balaban J connectivity index is 2.23. The number of pyridine rings is 1. The highest BCUT2D eigenvalue weighted by Crippen LogP contribution is 2.28. The number of hydrogen-bond acceptors (Lipinski definition) is 5. The first-order valence-electron chi connectivity index (χ1n) is 4.90. The van der Waals surface area contributed by atoms with Crippen molar-refractivity contribution in [2.45, 2.75) is 31.0 Å². The monoisotopic (exact) mass is 235 g/mol. The summed E-state index contributed by atoms with van der Waals surface area (Å²) in [4.78, 5) is 8.49. The second kappa shape index (κ2) is 4.17. The number of nitrogens with two attached hydrogens (primary N) is 1. The number of aromatic nitrogens is 2. The topological polar surface area (TPSA) is 64.9 Å². The Hall–Kier alpha value is -1.49. The average molecular weight is 235 g/mol. The summed E-state index contributed by atoms with van der Waals surface area (Å²) < 4.78 is 5.47. The third-order valence-electron chi connectivity index (χ3n) is 2.33. The summed E-state index contributed by atoms with van der Waals surface area (Å²) in [7, 11) is 0. The largest absolute Gasteiger partial charge is 0.436 e. The van der Waals surface area contributed by atoms with E-state index in [9.17, 15) is 0 Å². The lowest BCUT2D eigenvalue weighted by molar-refractivity contribution is 0.431.